The van der Waals surface area contributed by atoms with Crippen molar-refractivity contribution in [3.05, 3.63) is 35.3 Å². The van der Waals surface area contributed by atoms with Crippen LogP contribution in [-0.2, 0) is 4.74 Å². The summed E-state index contributed by atoms with van der Waals surface area (Å²) in [6.07, 6.45) is 9.30. The Bertz CT molecular complexity index is 256. The van der Waals surface area contributed by atoms with Crippen LogP contribution in [0, 0.1) is 0 Å². The van der Waals surface area contributed by atoms with Crippen LogP contribution in [0.15, 0.2) is 35.3 Å². The van der Waals surface area contributed by atoms with Gasteiger partial charge in [-0.2, -0.15) is 0 Å². The maximum atomic E-state index is 5.10. The van der Waals surface area contributed by atoms with Gasteiger partial charge in [-0.15, -0.1) is 0 Å². The van der Waals surface area contributed by atoms with Gasteiger partial charge in [-0.3, -0.25) is 0 Å². The van der Waals surface area contributed by atoms with Crippen LogP contribution in [0.4, 0.5) is 0 Å². The summed E-state index contributed by atoms with van der Waals surface area (Å²) in [6, 6.07) is 0. The number of allylic oxidation sites excluding steroid dienone is 4. The number of fused-ring (bicyclic) bond motifs is 1. The SMILES string of the molecule is CCC1=C2C=COC=C2CC1. The number of ether oxygens (including phenoxy) is 1. The van der Waals surface area contributed by atoms with E-state index < -0.39 is 0 Å². The van der Waals surface area contributed by atoms with Crippen LogP contribution in [-0.4, -0.2) is 0 Å². The summed E-state index contributed by atoms with van der Waals surface area (Å²) >= 11 is 0. The van der Waals surface area contributed by atoms with Gasteiger partial charge >= 0.3 is 0 Å². The first kappa shape index (κ1) is 6.71. The minimum Gasteiger partial charge on any atom is -0.472 e. The third-order valence-corrected chi connectivity index (χ3v) is 2.37. The lowest BCUT2D eigenvalue weighted by Gasteiger charge is -2.06. The molecule has 11 heavy (non-hydrogen) atoms. The van der Waals surface area contributed by atoms with E-state index in [0.29, 0.717) is 0 Å². The Labute approximate surface area is 67.1 Å². The lowest BCUT2D eigenvalue weighted by molar-refractivity contribution is 0.393. The van der Waals surface area contributed by atoms with Gasteiger partial charge in [-0.25, -0.2) is 0 Å². The average Bonchev–Trinajstić information content (AvgIpc) is 2.47. The van der Waals surface area contributed by atoms with E-state index >= 15 is 0 Å². The smallest absolute Gasteiger partial charge is 0.0939 e. The van der Waals surface area contributed by atoms with Crippen molar-refractivity contribution >= 4 is 0 Å². The lowest BCUT2D eigenvalue weighted by Crippen LogP contribution is -1.87. The van der Waals surface area contributed by atoms with E-state index in [9.17, 15) is 0 Å². The Hall–Kier alpha value is -0.980. The Kier molecular flexibility index (Phi) is 1.57. The molecule has 0 saturated carbocycles. The Morgan fingerprint density at radius 2 is 2.36 bits per heavy atom. The average molecular weight is 148 g/mol. The van der Waals surface area contributed by atoms with Gasteiger partial charge in [0.2, 0.25) is 0 Å². The normalized spacial score (nSPS) is 21.4. The molecule has 0 fully saturated rings. The first-order valence-electron chi connectivity index (χ1n) is 4.15. The summed E-state index contributed by atoms with van der Waals surface area (Å²) in [5, 5.41) is 0. The minimum absolute atomic E-state index is 1.17. The first-order valence-corrected chi connectivity index (χ1v) is 4.15. The van der Waals surface area contributed by atoms with Gasteiger partial charge in [0, 0.05) is 0 Å². The number of hydrogen-bond donors (Lipinski definition) is 0. The molecule has 1 nitrogen and oxygen atoms in total. The predicted octanol–water partition coefficient (Wildman–Crippen LogP) is 2.91. The highest BCUT2D eigenvalue weighted by Crippen LogP contribution is 2.35. The molecule has 0 aromatic heterocycles. The van der Waals surface area contributed by atoms with Crippen molar-refractivity contribution in [3.8, 4) is 0 Å². The van der Waals surface area contributed by atoms with E-state index in [0.717, 1.165) is 0 Å². The lowest BCUT2D eigenvalue weighted by atomic mass is 10.1. The van der Waals surface area contributed by atoms with Crippen LogP contribution in [0.3, 0.4) is 0 Å². The van der Waals surface area contributed by atoms with Gasteiger partial charge in [0.15, 0.2) is 0 Å². The third kappa shape index (κ3) is 1.01. The summed E-state index contributed by atoms with van der Waals surface area (Å²) in [5.41, 5.74) is 4.39. The van der Waals surface area contributed by atoms with Crippen LogP contribution in [0.5, 0.6) is 0 Å². The molecule has 1 aliphatic carbocycles. The van der Waals surface area contributed by atoms with Crippen molar-refractivity contribution in [3.63, 3.8) is 0 Å². The summed E-state index contributed by atoms with van der Waals surface area (Å²) < 4.78 is 5.10. The van der Waals surface area contributed by atoms with Gasteiger partial charge in [0.05, 0.1) is 12.5 Å². The van der Waals surface area contributed by atoms with Crippen LogP contribution in [0.25, 0.3) is 0 Å². The first-order chi connectivity index (χ1) is 5.42. The highest BCUT2D eigenvalue weighted by Gasteiger charge is 2.18. The number of rotatable bonds is 1. The molecule has 1 heterocycles. The van der Waals surface area contributed by atoms with E-state index in [1.54, 1.807) is 11.8 Å². The molecule has 0 aromatic rings. The molecular formula is C10H12O. The van der Waals surface area contributed by atoms with Gasteiger partial charge in [-0.1, -0.05) is 12.5 Å². The van der Waals surface area contributed by atoms with Crippen molar-refractivity contribution in [2.45, 2.75) is 26.2 Å². The zero-order valence-corrected chi connectivity index (χ0v) is 6.76. The van der Waals surface area contributed by atoms with Crippen molar-refractivity contribution in [1.29, 1.82) is 0 Å². The molecule has 0 N–H and O–H groups in total. The topological polar surface area (TPSA) is 9.23 Å². The van der Waals surface area contributed by atoms with Gasteiger partial charge in [0.1, 0.15) is 0 Å². The van der Waals surface area contributed by atoms with Gasteiger partial charge < -0.3 is 4.74 Å². The molecule has 0 aromatic carbocycles. The summed E-state index contributed by atoms with van der Waals surface area (Å²) in [4.78, 5) is 0. The quantitative estimate of drug-likeness (QED) is 0.555. The van der Waals surface area contributed by atoms with Crippen LogP contribution >= 0.6 is 0 Å². The van der Waals surface area contributed by atoms with Crippen molar-refractivity contribution in [2.75, 3.05) is 0 Å². The molecule has 0 bridgehead atoms. The fourth-order valence-corrected chi connectivity index (χ4v) is 1.73. The van der Waals surface area contributed by atoms with E-state index in [1.165, 1.54) is 30.4 Å². The standard InChI is InChI=1S/C10H12O/c1-2-8-3-4-9-7-11-6-5-10(8)9/h5-7H,2-4H2,1H3. The Balaban J connectivity index is 2.37. The highest BCUT2D eigenvalue weighted by atomic mass is 16.5. The van der Waals surface area contributed by atoms with E-state index in [2.05, 4.69) is 13.0 Å². The molecule has 1 aliphatic heterocycles. The molecule has 0 amide bonds. The van der Waals surface area contributed by atoms with Gasteiger partial charge in [0.25, 0.3) is 0 Å². The van der Waals surface area contributed by atoms with Crippen molar-refractivity contribution < 1.29 is 4.74 Å². The summed E-state index contributed by atoms with van der Waals surface area (Å²) in [5.74, 6) is 0. The zero-order chi connectivity index (χ0) is 7.68. The molecular weight excluding hydrogens is 136 g/mol. The van der Waals surface area contributed by atoms with Crippen molar-refractivity contribution in [1.82, 2.24) is 0 Å². The fraction of sp³-hybridized carbons (Fsp3) is 0.400. The largest absolute Gasteiger partial charge is 0.472 e. The monoisotopic (exact) mass is 148 g/mol. The zero-order valence-electron chi connectivity index (χ0n) is 6.76. The van der Waals surface area contributed by atoms with Crippen LogP contribution in [0.2, 0.25) is 0 Å². The Morgan fingerprint density at radius 3 is 3.18 bits per heavy atom. The van der Waals surface area contributed by atoms with Crippen molar-refractivity contribution in [2.24, 2.45) is 0 Å². The molecule has 2 rings (SSSR count). The second kappa shape index (κ2) is 2.57. The van der Waals surface area contributed by atoms with Gasteiger partial charge in [-0.05, 0) is 36.5 Å². The minimum atomic E-state index is 1.17. The second-order valence-electron chi connectivity index (χ2n) is 2.95. The second-order valence-corrected chi connectivity index (χ2v) is 2.95. The molecule has 58 valence electrons. The van der Waals surface area contributed by atoms with Crippen LogP contribution < -0.4 is 0 Å². The maximum Gasteiger partial charge on any atom is 0.0939 e. The molecule has 0 saturated heterocycles. The maximum absolute atomic E-state index is 5.10. The number of hydrogen-bond acceptors (Lipinski definition) is 1. The van der Waals surface area contributed by atoms with Crippen LogP contribution in [0.1, 0.15) is 26.2 Å². The molecule has 0 radical (unpaired) electrons. The summed E-state index contributed by atoms with van der Waals surface area (Å²) in [6.45, 7) is 2.22. The van der Waals surface area contributed by atoms with E-state index in [-0.39, 0.29) is 0 Å². The molecule has 1 heteroatoms. The molecule has 0 atom stereocenters. The summed E-state index contributed by atoms with van der Waals surface area (Å²) in [7, 11) is 0. The fourth-order valence-electron chi connectivity index (χ4n) is 1.73. The third-order valence-electron chi connectivity index (χ3n) is 2.37. The predicted molar refractivity (Wildman–Crippen MR) is 44.9 cm³/mol. The molecule has 2 aliphatic rings. The molecule has 0 unspecified atom stereocenters. The van der Waals surface area contributed by atoms with E-state index in [4.69, 9.17) is 4.74 Å². The Morgan fingerprint density at radius 1 is 1.45 bits per heavy atom. The molecule has 0 spiro atoms. The van der Waals surface area contributed by atoms with E-state index in [1.807, 2.05) is 6.26 Å². The highest BCUT2D eigenvalue weighted by molar-refractivity contribution is 5.48.